The van der Waals surface area contributed by atoms with Gasteiger partial charge in [-0.25, -0.2) is 0 Å². The van der Waals surface area contributed by atoms with Gasteiger partial charge in [-0.3, -0.25) is 4.90 Å². The van der Waals surface area contributed by atoms with Gasteiger partial charge in [-0.2, -0.15) is 0 Å². The molecule has 5 nitrogen and oxygen atoms in total. The van der Waals surface area contributed by atoms with E-state index in [2.05, 4.69) is 28.0 Å². The van der Waals surface area contributed by atoms with E-state index in [4.69, 9.17) is 15.2 Å². The quantitative estimate of drug-likeness (QED) is 0.850. The van der Waals surface area contributed by atoms with E-state index in [1.54, 1.807) is 12.5 Å². The summed E-state index contributed by atoms with van der Waals surface area (Å²) in [6.45, 7) is 5.62. The molecule has 3 rings (SSSR count). The molecule has 0 spiro atoms. The maximum atomic E-state index is 5.77. The summed E-state index contributed by atoms with van der Waals surface area (Å²) in [5, 5.41) is 0. The molecule has 114 valence electrons. The van der Waals surface area contributed by atoms with Gasteiger partial charge in [0.25, 0.3) is 0 Å². The summed E-state index contributed by atoms with van der Waals surface area (Å²) in [4.78, 5) is 4.59. The molecule has 1 aliphatic carbocycles. The van der Waals surface area contributed by atoms with Crippen LogP contribution in [0.2, 0.25) is 0 Å². The molecule has 0 aromatic heterocycles. The van der Waals surface area contributed by atoms with Crippen LogP contribution in [0.25, 0.3) is 0 Å². The Morgan fingerprint density at radius 1 is 1.10 bits per heavy atom. The van der Waals surface area contributed by atoms with Crippen molar-refractivity contribution < 1.29 is 9.47 Å². The molecule has 21 heavy (non-hydrogen) atoms. The van der Waals surface area contributed by atoms with E-state index in [1.807, 2.05) is 0 Å². The van der Waals surface area contributed by atoms with Crippen molar-refractivity contribution in [3.8, 4) is 0 Å². The first-order chi connectivity index (χ1) is 10.4. The minimum absolute atomic E-state index is 0.720. The molecular formula is C16H23N3O2. The first kappa shape index (κ1) is 14.2. The third-order valence-corrected chi connectivity index (χ3v) is 4.03. The summed E-state index contributed by atoms with van der Waals surface area (Å²) >= 11 is 0. The number of nitrogens with zero attached hydrogens (tertiary/aromatic N) is 2. The fraction of sp³-hybridized carbons (Fsp3) is 0.500. The highest BCUT2D eigenvalue weighted by Gasteiger charge is 2.22. The van der Waals surface area contributed by atoms with E-state index in [9.17, 15) is 0 Å². The van der Waals surface area contributed by atoms with Crippen LogP contribution in [0.5, 0.6) is 0 Å². The Kier molecular flexibility index (Phi) is 4.62. The Morgan fingerprint density at radius 3 is 2.57 bits per heavy atom. The number of hydrogen-bond acceptors (Lipinski definition) is 5. The third-order valence-electron chi connectivity index (χ3n) is 4.03. The van der Waals surface area contributed by atoms with Crippen LogP contribution in [-0.2, 0) is 9.47 Å². The Morgan fingerprint density at radius 2 is 1.95 bits per heavy atom. The lowest BCUT2D eigenvalue weighted by molar-refractivity contribution is 0.0859. The van der Waals surface area contributed by atoms with Crippen LogP contribution >= 0.6 is 0 Å². The number of rotatable bonds is 4. The van der Waals surface area contributed by atoms with Crippen molar-refractivity contribution in [1.29, 1.82) is 0 Å². The van der Waals surface area contributed by atoms with Crippen LogP contribution in [0, 0.1) is 0 Å². The van der Waals surface area contributed by atoms with Gasteiger partial charge in [0.05, 0.1) is 0 Å². The number of nitrogens with two attached hydrogens (primary N) is 1. The molecule has 0 amide bonds. The predicted octanol–water partition coefficient (Wildman–Crippen LogP) is 1.53. The van der Waals surface area contributed by atoms with Gasteiger partial charge in [0.2, 0.25) is 5.88 Å². The van der Waals surface area contributed by atoms with Gasteiger partial charge in [0.1, 0.15) is 6.26 Å². The fourth-order valence-electron chi connectivity index (χ4n) is 2.77. The van der Waals surface area contributed by atoms with E-state index < -0.39 is 0 Å². The van der Waals surface area contributed by atoms with Crippen molar-refractivity contribution in [2.24, 2.45) is 5.73 Å². The lowest BCUT2D eigenvalue weighted by Crippen LogP contribution is -2.47. The molecule has 0 radical (unpaired) electrons. The first-order valence-electron chi connectivity index (χ1n) is 7.64. The molecule has 0 aromatic rings. The van der Waals surface area contributed by atoms with Crippen LogP contribution in [0.3, 0.4) is 0 Å². The average molecular weight is 289 g/mol. The molecule has 2 heterocycles. The molecule has 2 N–H and O–H groups in total. The predicted molar refractivity (Wildman–Crippen MR) is 81.9 cm³/mol. The molecule has 0 saturated carbocycles. The molecule has 0 unspecified atom stereocenters. The summed E-state index contributed by atoms with van der Waals surface area (Å²) in [5.41, 5.74) is 6.79. The van der Waals surface area contributed by atoms with Crippen LogP contribution in [0.4, 0.5) is 0 Å². The van der Waals surface area contributed by atoms with Crippen molar-refractivity contribution in [1.82, 2.24) is 9.80 Å². The minimum atomic E-state index is 0.720. The lowest BCUT2D eigenvalue weighted by atomic mass is 10.0. The second-order valence-electron chi connectivity index (χ2n) is 5.45. The van der Waals surface area contributed by atoms with Crippen LogP contribution in [-0.4, -0.2) is 49.1 Å². The molecule has 1 fully saturated rings. The van der Waals surface area contributed by atoms with Gasteiger partial charge in [0.15, 0.2) is 12.0 Å². The topological polar surface area (TPSA) is 51.0 Å². The zero-order valence-electron chi connectivity index (χ0n) is 12.3. The monoisotopic (exact) mass is 289 g/mol. The van der Waals surface area contributed by atoms with Gasteiger partial charge in [-0.15, -0.1) is 0 Å². The Balaban J connectivity index is 1.52. The average Bonchev–Trinajstić information content (AvgIpc) is 2.57. The molecule has 5 heteroatoms. The second-order valence-corrected chi connectivity index (χ2v) is 5.45. The third kappa shape index (κ3) is 3.49. The van der Waals surface area contributed by atoms with Crippen LogP contribution < -0.4 is 5.73 Å². The van der Waals surface area contributed by atoms with Crippen molar-refractivity contribution in [2.75, 3.05) is 39.3 Å². The lowest BCUT2D eigenvalue weighted by Gasteiger charge is -2.36. The number of piperazine rings is 1. The highest BCUT2D eigenvalue weighted by molar-refractivity contribution is 5.32. The maximum Gasteiger partial charge on any atom is 0.231 e. The summed E-state index contributed by atoms with van der Waals surface area (Å²) in [6, 6.07) is 0. The zero-order chi connectivity index (χ0) is 14.5. The largest absolute Gasteiger partial charge is 0.456 e. The fourth-order valence-corrected chi connectivity index (χ4v) is 2.77. The normalized spacial score (nSPS) is 22.9. The van der Waals surface area contributed by atoms with E-state index >= 15 is 0 Å². The number of allylic oxidation sites excluding steroid dienone is 4. The SMILES string of the molecule is NCCN1CCN(C2=COC(C3=CC=CCC3)=CO2)CC1. The highest BCUT2D eigenvalue weighted by Crippen LogP contribution is 2.26. The molecule has 0 atom stereocenters. The number of hydrogen-bond donors (Lipinski definition) is 1. The molecule has 1 saturated heterocycles. The van der Waals surface area contributed by atoms with E-state index in [0.717, 1.165) is 63.8 Å². The molecule has 2 aliphatic heterocycles. The van der Waals surface area contributed by atoms with Gasteiger partial charge >= 0.3 is 0 Å². The summed E-state index contributed by atoms with van der Waals surface area (Å²) in [6.07, 6.45) is 11.8. The summed E-state index contributed by atoms with van der Waals surface area (Å²) in [7, 11) is 0. The van der Waals surface area contributed by atoms with Gasteiger partial charge < -0.3 is 20.1 Å². The van der Waals surface area contributed by atoms with Crippen molar-refractivity contribution in [2.45, 2.75) is 12.8 Å². The highest BCUT2D eigenvalue weighted by atomic mass is 16.6. The molecule has 0 bridgehead atoms. The molecule has 0 aromatic carbocycles. The van der Waals surface area contributed by atoms with Gasteiger partial charge in [-0.1, -0.05) is 18.2 Å². The Hall–Kier alpha value is -1.72. The van der Waals surface area contributed by atoms with Crippen molar-refractivity contribution >= 4 is 0 Å². The van der Waals surface area contributed by atoms with Crippen LogP contribution in [0.1, 0.15) is 12.8 Å². The Bertz CT molecular complexity index is 486. The van der Waals surface area contributed by atoms with Gasteiger partial charge in [-0.05, 0) is 18.4 Å². The van der Waals surface area contributed by atoms with Gasteiger partial charge in [0, 0.05) is 39.3 Å². The first-order valence-corrected chi connectivity index (χ1v) is 7.64. The second kappa shape index (κ2) is 6.83. The van der Waals surface area contributed by atoms with Crippen molar-refractivity contribution in [3.05, 3.63) is 48.0 Å². The van der Waals surface area contributed by atoms with Crippen molar-refractivity contribution in [3.63, 3.8) is 0 Å². The maximum absolute atomic E-state index is 5.77. The standard InChI is InChI=1S/C16H23N3O2/c17-6-7-18-8-10-19(11-9-18)16-13-20-15(12-21-16)14-4-2-1-3-5-14/h1-2,4,12-13H,3,5-11,17H2. The van der Waals surface area contributed by atoms with E-state index in [-0.39, 0.29) is 0 Å². The van der Waals surface area contributed by atoms with E-state index in [1.165, 1.54) is 5.57 Å². The summed E-state index contributed by atoms with van der Waals surface area (Å²) < 4.78 is 11.5. The Labute approximate surface area is 126 Å². The minimum Gasteiger partial charge on any atom is -0.456 e. The zero-order valence-corrected chi connectivity index (χ0v) is 12.3. The number of ether oxygens (including phenoxy) is 2. The summed E-state index contributed by atoms with van der Waals surface area (Å²) in [5.74, 6) is 1.63. The molecule has 3 aliphatic rings. The smallest absolute Gasteiger partial charge is 0.231 e. The van der Waals surface area contributed by atoms with Crippen LogP contribution in [0.15, 0.2) is 48.0 Å². The van der Waals surface area contributed by atoms with E-state index in [0.29, 0.717) is 0 Å². The molecular weight excluding hydrogens is 266 g/mol.